The van der Waals surface area contributed by atoms with Crippen molar-refractivity contribution in [2.45, 2.75) is 30.3 Å². The van der Waals surface area contributed by atoms with Gasteiger partial charge in [0.15, 0.2) is 0 Å². The molecule has 1 aliphatic rings. The number of primary sulfonamides is 1. The average molecular weight is 464 g/mol. The molecule has 1 aliphatic carbocycles. The van der Waals surface area contributed by atoms with Crippen molar-refractivity contribution in [3.63, 3.8) is 0 Å². The second-order valence-corrected chi connectivity index (χ2v) is 9.90. The molecule has 166 valence electrons. The molecule has 1 saturated carbocycles. The third-order valence-electron chi connectivity index (χ3n) is 4.77. The number of hydrogen-bond donors (Lipinski definition) is 2. The second kappa shape index (κ2) is 10.2. The first-order chi connectivity index (χ1) is 14.7. The third kappa shape index (κ3) is 6.98. The van der Waals surface area contributed by atoms with Crippen LogP contribution in [-0.2, 0) is 21.4 Å². The molecule has 2 amide bonds. The predicted molar refractivity (Wildman–Crippen MR) is 119 cm³/mol. The number of sulfonamides is 1. The number of benzene rings is 2. The highest BCUT2D eigenvalue weighted by Gasteiger charge is 2.32. The number of amides is 2. The maximum Gasteiger partial charge on any atom is 0.248 e. The molecule has 2 aromatic rings. The Kier molecular flexibility index (Phi) is 7.58. The molecule has 0 atom stereocenters. The topological polar surface area (TPSA) is 133 Å². The number of rotatable bonds is 11. The Labute approximate surface area is 186 Å². The van der Waals surface area contributed by atoms with E-state index in [1.54, 1.807) is 24.3 Å². The lowest BCUT2D eigenvalue weighted by molar-refractivity contribution is -0.129. The van der Waals surface area contributed by atoms with Crippen LogP contribution in [0.1, 0.15) is 28.8 Å². The van der Waals surface area contributed by atoms with Crippen LogP contribution in [0, 0.1) is 0 Å². The number of nitrogens with zero attached hydrogens (tertiary/aromatic N) is 1. The lowest BCUT2D eigenvalue weighted by atomic mass is 10.1. The minimum Gasteiger partial charge on any atom is -0.493 e. The highest BCUT2D eigenvalue weighted by atomic mass is 32.2. The lowest BCUT2D eigenvalue weighted by Crippen LogP contribution is -2.34. The summed E-state index contributed by atoms with van der Waals surface area (Å²) in [5.74, 6) is 1.11. The van der Waals surface area contributed by atoms with E-state index in [0.717, 1.165) is 18.4 Å². The Morgan fingerprint density at radius 1 is 1.06 bits per heavy atom. The number of nitrogens with two attached hydrogens (primary N) is 2. The summed E-state index contributed by atoms with van der Waals surface area (Å²) in [6, 6.07) is 13.2. The molecule has 0 unspecified atom stereocenters. The second-order valence-electron chi connectivity index (χ2n) is 7.23. The highest BCUT2D eigenvalue weighted by Crippen LogP contribution is 2.29. The van der Waals surface area contributed by atoms with Crippen molar-refractivity contribution < 1.29 is 22.7 Å². The highest BCUT2D eigenvalue weighted by molar-refractivity contribution is 7.99. The van der Waals surface area contributed by atoms with Crippen molar-refractivity contribution in [2.75, 3.05) is 18.1 Å². The quantitative estimate of drug-likeness (QED) is 0.488. The van der Waals surface area contributed by atoms with Gasteiger partial charge < -0.3 is 15.4 Å². The number of hydrogen-bond acceptors (Lipinski definition) is 6. The summed E-state index contributed by atoms with van der Waals surface area (Å²) in [6.45, 7) is 0.903. The van der Waals surface area contributed by atoms with Crippen LogP contribution in [0.4, 0.5) is 0 Å². The minimum atomic E-state index is -3.72. The molecule has 0 saturated heterocycles. The van der Waals surface area contributed by atoms with Gasteiger partial charge in [-0.2, -0.15) is 0 Å². The molecule has 2 aromatic carbocycles. The molecule has 0 aliphatic heterocycles. The van der Waals surface area contributed by atoms with Crippen molar-refractivity contribution in [3.05, 3.63) is 59.7 Å². The Bertz CT molecular complexity index is 1020. The molecule has 10 heteroatoms. The molecule has 0 radical (unpaired) electrons. The summed E-state index contributed by atoms with van der Waals surface area (Å²) in [4.78, 5) is 25.8. The van der Waals surface area contributed by atoms with E-state index in [2.05, 4.69) is 0 Å². The van der Waals surface area contributed by atoms with E-state index < -0.39 is 15.9 Å². The Hall–Kier alpha value is -2.56. The maximum atomic E-state index is 12.7. The van der Waals surface area contributed by atoms with Crippen LogP contribution in [0.5, 0.6) is 5.75 Å². The summed E-state index contributed by atoms with van der Waals surface area (Å²) in [5.41, 5.74) is 6.67. The normalized spacial score (nSPS) is 13.6. The van der Waals surface area contributed by atoms with Crippen LogP contribution < -0.4 is 15.6 Å². The third-order valence-corrected chi connectivity index (χ3v) is 6.61. The maximum absolute atomic E-state index is 12.7. The fourth-order valence-electron chi connectivity index (χ4n) is 2.96. The number of carbonyl (C=O) groups excluding carboxylic acids is 2. The first kappa shape index (κ1) is 23.1. The van der Waals surface area contributed by atoms with Crippen molar-refractivity contribution >= 4 is 33.6 Å². The molecule has 0 heterocycles. The predicted octanol–water partition coefficient (Wildman–Crippen LogP) is 1.74. The molecule has 1 fully saturated rings. The Balaban J connectivity index is 1.42. The summed E-state index contributed by atoms with van der Waals surface area (Å²) in [6.07, 6.45) is 2.01. The Morgan fingerprint density at radius 2 is 1.71 bits per heavy atom. The van der Waals surface area contributed by atoms with E-state index in [9.17, 15) is 18.0 Å². The lowest BCUT2D eigenvalue weighted by Gasteiger charge is -2.22. The number of ether oxygens (including phenoxy) is 1. The standard InChI is InChI=1S/C21H25N3O5S2/c22-21(26)16-3-1-15(2-4-16)13-24(17-5-6-17)20(25)14-30-12-11-29-18-7-9-19(10-8-18)31(23,27)28/h1-4,7-10,17H,5-6,11-14H2,(H2,22,26)(H2,23,27,28). The van der Waals surface area contributed by atoms with Gasteiger partial charge in [-0.1, -0.05) is 12.1 Å². The van der Waals surface area contributed by atoms with Crippen molar-refractivity contribution in [1.82, 2.24) is 4.90 Å². The van der Waals surface area contributed by atoms with E-state index in [0.29, 0.717) is 36.0 Å². The van der Waals surface area contributed by atoms with Gasteiger partial charge in [0.05, 0.1) is 17.3 Å². The molecule has 31 heavy (non-hydrogen) atoms. The number of thioether (sulfide) groups is 1. The van der Waals surface area contributed by atoms with E-state index in [-0.39, 0.29) is 16.8 Å². The van der Waals surface area contributed by atoms with Crippen LogP contribution >= 0.6 is 11.8 Å². The van der Waals surface area contributed by atoms with Crippen LogP contribution in [0.3, 0.4) is 0 Å². The van der Waals surface area contributed by atoms with Crippen molar-refractivity contribution in [3.8, 4) is 5.75 Å². The molecular weight excluding hydrogens is 438 g/mol. The first-order valence-electron chi connectivity index (χ1n) is 9.75. The van der Waals surface area contributed by atoms with Gasteiger partial charge in [0.1, 0.15) is 5.75 Å². The van der Waals surface area contributed by atoms with Gasteiger partial charge in [0.2, 0.25) is 21.8 Å². The summed E-state index contributed by atoms with van der Waals surface area (Å²) in [7, 11) is -3.72. The fraction of sp³-hybridized carbons (Fsp3) is 0.333. The van der Waals surface area contributed by atoms with Crippen LogP contribution in [0.2, 0.25) is 0 Å². The molecule has 4 N–H and O–H groups in total. The zero-order chi connectivity index (χ0) is 22.4. The monoisotopic (exact) mass is 463 g/mol. The zero-order valence-corrected chi connectivity index (χ0v) is 18.5. The molecular formula is C21H25N3O5S2. The van der Waals surface area contributed by atoms with Crippen LogP contribution in [0.25, 0.3) is 0 Å². The van der Waals surface area contributed by atoms with Gasteiger partial charge in [-0.05, 0) is 54.8 Å². The van der Waals surface area contributed by atoms with E-state index in [1.807, 2.05) is 17.0 Å². The SMILES string of the molecule is NC(=O)c1ccc(CN(C(=O)CSCCOc2ccc(S(N)(=O)=O)cc2)C2CC2)cc1. The molecule has 3 rings (SSSR count). The summed E-state index contributed by atoms with van der Waals surface area (Å²) >= 11 is 1.49. The van der Waals surface area contributed by atoms with E-state index in [1.165, 1.54) is 23.9 Å². The van der Waals surface area contributed by atoms with Gasteiger partial charge in [-0.3, -0.25) is 9.59 Å². The molecule has 8 nitrogen and oxygen atoms in total. The number of primary amides is 1. The minimum absolute atomic E-state index is 0.0317. The molecule has 0 spiro atoms. The van der Waals surface area contributed by atoms with Crippen molar-refractivity contribution in [1.29, 1.82) is 0 Å². The van der Waals surface area contributed by atoms with Gasteiger partial charge >= 0.3 is 0 Å². The van der Waals surface area contributed by atoms with Crippen LogP contribution in [0.15, 0.2) is 53.4 Å². The average Bonchev–Trinajstić information content (AvgIpc) is 3.57. The van der Waals surface area contributed by atoms with E-state index >= 15 is 0 Å². The summed E-state index contributed by atoms with van der Waals surface area (Å²) < 4.78 is 28.1. The molecule has 0 bridgehead atoms. The van der Waals surface area contributed by atoms with Crippen molar-refractivity contribution in [2.24, 2.45) is 10.9 Å². The largest absolute Gasteiger partial charge is 0.493 e. The van der Waals surface area contributed by atoms with Gasteiger partial charge in [0, 0.05) is 23.9 Å². The van der Waals surface area contributed by atoms with Gasteiger partial charge in [-0.15, -0.1) is 11.8 Å². The molecule has 0 aromatic heterocycles. The first-order valence-corrected chi connectivity index (χ1v) is 12.5. The number of carbonyl (C=O) groups is 2. The van der Waals surface area contributed by atoms with E-state index in [4.69, 9.17) is 15.6 Å². The smallest absolute Gasteiger partial charge is 0.248 e. The fourth-order valence-corrected chi connectivity index (χ4v) is 4.17. The zero-order valence-electron chi connectivity index (χ0n) is 16.9. The van der Waals surface area contributed by atoms with Gasteiger partial charge in [-0.25, -0.2) is 13.6 Å². The summed E-state index contributed by atoms with van der Waals surface area (Å²) in [5, 5.41) is 5.07. The van der Waals surface area contributed by atoms with Crippen LogP contribution in [-0.4, -0.2) is 49.3 Å². The van der Waals surface area contributed by atoms with Gasteiger partial charge in [0.25, 0.3) is 0 Å². The Morgan fingerprint density at radius 3 is 2.26 bits per heavy atom.